The molecule has 0 saturated carbocycles. The zero-order valence-electron chi connectivity index (χ0n) is 11.2. The van der Waals surface area contributed by atoms with Gasteiger partial charge in [-0.1, -0.05) is 12.1 Å². The highest BCUT2D eigenvalue weighted by Gasteiger charge is 2.08. The van der Waals surface area contributed by atoms with Crippen LogP contribution < -0.4 is 10.1 Å². The Morgan fingerprint density at radius 1 is 1.24 bits per heavy atom. The molecule has 1 aromatic rings. The first-order valence-corrected chi connectivity index (χ1v) is 6.06. The summed E-state index contributed by atoms with van der Waals surface area (Å²) in [6.07, 6.45) is 0. The van der Waals surface area contributed by atoms with E-state index in [1.165, 1.54) is 5.56 Å². The average Bonchev–Trinajstić information content (AvgIpc) is 2.27. The Kier molecular flexibility index (Phi) is 5.45. The van der Waals surface area contributed by atoms with Gasteiger partial charge in [-0.2, -0.15) is 0 Å². The van der Waals surface area contributed by atoms with Gasteiger partial charge in [-0.05, 0) is 45.4 Å². The van der Waals surface area contributed by atoms with Gasteiger partial charge in [-0.15, -0.1) is 0 Å². The van der Waals surface area contributed by atoms with Crippen molar-refractivity contribution in [2.45, 2.75) is 39.8 Å². The normalized spacial score (nSPS) is 11.5. The van der Waals surface area contributed by atoms with Crippen LogP contribution in [0.3, 0.4) is 0 Å². The van der Waals surface area contributed by atoms with Crippen LogP contribution in [0.5, 0.6) is 5.75 Å². The van der Waals surface area contributed by atoms with E-state index in [4.69, 9.17) is 9.47 Å². The van der Waals surface area contributed by atoms with Gasteiger partial charge >= 0.3 is 0 Å². The predicted molar refractivity (Wildman–Crippen MR) is 70.2 cm³/mol. The molecule has 0 radical (unpaired) electrons. The van der Waals surface area contributed by atoms with Crippen molar-refractivity contribution in [3.05, 3.63) is 29.8 Å². The second kappa shape index (κ2) is 6.62. The molecule has 0 aliphatic carbocycles. The van der Waals surface area contributed by atoms with Crippen LogP contribution in [0.1, 0.15) is 33.3 Å². The van der Waals surface area contributed by atoms with Crippen molar-refractivity contribution in [2.75, 3.05) is 13.4 Å². The molecule has 0 bridgehead atoms. The minimum Gasteiger partial charge on any atom is -0.468 e. The second-order valence-corrected chi connectivity index (χ2v) is 5.01. The molecule has 0 atom stereocenters. The van der Waals surface area contributed by atoms with E-state index in [2.05, 4.69) is 32.2 Å². The number of benzene rings is 1. The van der Waals surface area contributed by atoms with E-state index in [0.717, 1.165) is 12.3 Å². The molecule has 0 unspecified atom stereocenters. The summed E-state index contributed by atoms with van der Waals surface area (Å²) in [6, 6.07) is 8.07. The lowest BCUT2D eigenvalue weighted by Crippen LogP contribution is -2.35. The molecule has 3 heteroatoms. The molecule has 0 saturated heterocycles. The van der Waals surface area contributed by atoms with Gasteiger partial charge in [0.1, 0.15) is 5.75 Å². The zero-order valence-corrected chi connectivity index (χ0v) is 11.2. The first kappa shape index (κ1) is 14.0. The van der Waals surface area contributed by atoms with Crippen LogP contribution in [0.2, 0.25) is 0 Å². The molecule has 0 heterocycles. The minimum atomic E-state index is 0.127. The van der Waals surface area contributed by atoms with Crippen molar-refractivity contribution >= 4 is 0 Å². The lowest BCUT2D eigenvalue weighted by Gasteiger charge is -2.20. The highest BCUT2D eigenvalue weighted by atomic mass is 16.7. The lowest BCUT2D eigenvalue weighted by molar-refractivity contribution is 0.0223. The summed E-state index contributed by atoms with van der Waals surface area (Å²) in [7, 11) is 0. The molecule has 0 aliphatic rings. The highest BCUT2D eigenvalue weighted by molar-refractivity contribution is 5.28. The van der Waals surface area contributed by atoms with Crippen molar-refractivity contribution in [3.8, 4) is 5.75 Å². The van der Waals surface area contributed by atoms with Crippen LogP contribution in [0.4, 0.5) is 0 Å². The molecule has 96 valence electrons. The summed E-state index contributed by atoms with van der Waals surface area (Å²) < 4.78 is 10.6. The van der Waals surface area contributed by atoms with Crippen LogP contribution >= 0.6 is 0 Å². The Labute approximate surface area is 104 Å². The fourth-order valence-corrected chi connectivity index (χ4v) is 1.31. The van der Waals surface area contributed by atoms with E-state index in [9.17, 15) is 0 Å². The zero-order chi connectivity index (χ0) is 12.7. The molecule has 3 nitrogen and oxygen atoms in total. The fraction of sp³-hybridized carbons (Fsp3) is 0.571. The van der Waals surface area contributed by atoms with Gasteiger partial charge in [0.25, 0.3) is 0 Å². The smallest absolute Gasteiger partial charge is 0.189 e. The molecule has 0 aliphatic heterocycles. The van der Waals surface area contributed by atoms with Gasteiger partial charge in [0.15, 0.2) is 6.79 Å². The number of hydrogen-bond acceptors (Lipinski definition) is 3. The van der Waals surface area contributed by atoms with Crippen molar-refractivity contribution in [3.63, 3.8) is 0 Å². The van der Waals surface area contributed by atoms with Gasteiger partial charge in [-0.25, -0.2) is 0 Å². The van der Waals surface area contributed by atoms with Crippen LogP contribution in [0.15, 0.2) is 24.3 Å². The Morgan fingerprint density at radius 3 is 2.65 bits per heavy atom. The van der Waals surface area contributed by atoms with Crippen LogP contribution in [0.25, 0.3) is 0 Å². The van der Waals surface area contributed by atoms with Crippen LogP contribution in [0, 0.1) is 0 Å². The third kappa shape index (κ3) is 6.29. The third-order valence-electron chi connectivity index (χ3n) is 2.23. The van der Waals surface area contributed by atoms with Gasteiger partial charge in [0.2, 0.25) is 0 Å². The van der Waals surface area contributed by atoms with Crippen molar-refractivity contribution < 1.29 is 9.47 Å². The van der Waals surface area contributed by atoms with E-state index >= 15 is 0 Å². The molecule has 0 aromatic heterocycles. The molecule has 1 rings (SSSR count). The van der Waals surface area contributed by atoms with Gasteiger partial charge < -0.3 is 14.8 Å². The predicted octanol–water partition coefficient (Wildman–Crippen LogP) is 2.95. The average molecular weight is 237 g/mol. The van der Waals surface area contributed by atoms with E-state index in [1.54, 1.807) is 0 Å². The standard InChI is InChI=1S/C14H23NO2/c1-5-16-11-17-13-8-6-7-12(9-13)10-15-14(2,3)4/h6-9,15H,5,10-11H2,1-4H3. The van der Waals surface area contributed by atoms with Gasteiger partial charge in [0, 0.05) is 18.7 Å². The minimum absolute atomic E-state index is 0.127. The number of rotatable bonds is 6. The van der Waals surface area contributed by atoms with Gasteiger partial charge in [-0.3, -0.25) is 0 Å². The summed E-state index contributed by atoms with van der Waals surface area (Å²) in [5.41, 5.74) is 1.34. The molecule has 0 amide bonds. The maximum Gasteiger partial charge on any atom is 0.189 e. The summed E-state index contributed by atoms with van der Waals surface area (Å²) >= 11 is 0. The highest BCUT2D eigenvalue weighted by Crippen LogP contribution is 2.14. The molecule has 0 fully saturated rings. The van der Waals surface area contributed by atoms with E-state index < -0.39 is 0 Å². The Bertz CT molecular complexity index is 331. The van der Waals surface area contributed by atoms with Crippen molar-refractivity contribution in [1.82, 2.24) is 5.32 Å². The van der Waals surface area contributed by atoms with Gasteiger partial charge in [0.05, 0.1) is 0 Å². The van der Waals surface area contributed by atoms with Crippen LogP contribution in [-0.4, -0.2) is 18.9 Å². The number of nitrogens with one attached hydrogen (secondary N) is 1. The first-order valence-electron chi connectivity index (χ1n) is 6.06. The second-order valence-electron chi connectivity index (χ2n) is 5.01. The SMILES string of the molecule is CCOCOc1cccc(CNC(C)(C)C)c1. The summed E-state index contributed by atoms with van der Waals surface area (Å²) in [6.45, 7) is 10.2. The Morgan fingerprint density at radius 2 is 2.00 bits per heavy atom. The maximum atomic E-state index is 5.47. The Balaban J connectivity index is 2.48. The summed E-state index contributed by atoms with van der Waals surface area (Å²) in [5, 5.41) is 3.45. The summed E-state index contributed by atoms with van der Waals surface area (Å²) in [5.74, 6) is 0.853. The maximum absolute atomic E-state index is 5.47. The van der Waals surface area contributed by atoms with Crippen molar-refractivity contribution in [1.29, 1.82) is 0 Å². The molecule has 0 spiro atoms. The molecular formula is C14H23NO2. The third-order valence-corrected chi connectivity index (χ3v) is 2.23. The summed E-state index contributed by atoms with van der Waals surface area (Å²) in [4.78, 5) is 0. The number of hydrogen-bond donors (Lipinski definition) is 1. The molecular weight excluding hydrogens is 214 g/mol. The monoisotopic (exact) mass is 237 g/mol. The van der Waals surface area contributed by atoms with E-state index in [-0.39, 0.29) is 5.54 Å². The lowest BCUT2D eigenvalue weighted by atomic mass is 10.1. The van der Waals surface area contributed by atoms with Crippen molar-refractivity contribution in [2.24, 2.45) is 0 Å². The number of ether oxygens (including phenoxy) is 2. The van der Waals surface area contributed by atoms with E-state index in [1.807, 2.05) is 25.1 Å². The van der Waals surface area contributed by atoms with E-state index in [0.29, 0.717) is 13.4 Å². The quantitative estimate of drug-likeness (QED) is 0.609. The largest absolute Gasteiger partial charge is 0.468 e. The molecule has 1 aromatic carbocycles. The molecule has 17 heavy (non-hydrogen) atoms. The topological polar surface area (TPSA) is 30.5 Å². The van der Waals surface area contributed by atoms with Crippen LogP contribution in [-0.2, 0) is 11.3 Å². The Hall–Kier alpha value is -1.06. The molecule has 1 N–H and O–H groups in total. The first-order chi connectivity index (χ1) is 8.01. The fourth-order valence-electron chi connectivity index (χ4n) is 1.31.